The van der Waals surface area contributed by atoms with Gasteiger partial charge in [0.25, 0.3) is 0 Å². The van der Waals surface area contributed by atoms with E-state index in [1.165, 1.54) is 0 Å². The summed E-state index contributed by atoms with van der Waals surface area (Å²) in [6, 6.07) is 7.29. The van der Waals surface area contributed by atoms with Crippen LogP contribution in [0.4, 0.5) is 5.69 Å². The van der Waals surface area contributed by atoms with Crippen LogP contribution in [-0.2, 0) is 10.8 Å². The molecule has 0 heterocycles. The van der Waals surface area contributed by atoms with Gasteiger partial charge in [-0.15, -0.1) is 0 Å². The SMILES string of the molecule is CC(C)CCS(=O)CCOc1cccc(N)c1. The number of nitrogens with two attached hydrogens (primary N) is 1. The van der Waals surface area contributed by atoms with E-state index in [1.807, 2.05) is 18.2 Å². The zero-order chi connectivity index (χ0) is 12.7. The quantitative estimate of drug-likeness (QED) is 0.761. The highest BCUT2D eigenvalue weighted by atomic mass is 32.2. The van der Waals surface area contributed by atoms with Crippen molar-refractivity contribution in [3.8, 4) is 5.75 Å². The first-order valence-corrected chi connectivity index (χ1v) is 7.40. The molecule has 1 atom stereocenters. The van der Waals surface area contributed by atoms with E-state index in [2.05, 4.69) is 13.8 Å². The van der Waals surface area contributed by atoms with Crippen LogP contribution in [0.3, 0.4) is 0 Å². The number of ether oxygens (including phenoxy) is 1. The van der Waals surface area contributed by atoms with E-state index in [4.69, 9.17) is 10.5 Å². The molecule has 17 heavy (non-hydrogen) atoms. The molecule has 0 aliphatic heterocycles. The van der Waals surface area contributed by atoms with Gasteiger partial charge < -0.3 is 10.5 Å². The Balaban J connectivity index is 2.21. The number of anilines is 1. The van der Waals surface area contributed by atoms with Crippen molar-refractivity contribution in [1.82, 2.24) is 0 Å². The van der Waals surface area contributed by atoms with E-state index in [0.717, 1.165) is 17.9 Å². The Morgan fingerprint density at radius 3 is 2.76 bits per heavy atom. The van der Waals surface area contributed by atoms with Gasteiger partial charge in [-0.3, -0.25) is 4.21 Å². The van der Waals surface area contributed by atoms with Crippen LogP contribution < -0.4 is 10.5 Å². The van der Waals surface area contributed by atoms with Gasteiger partial charge in [0.05, 0.1) is 12.4 Å². The highest BCUT2D eigenvalue weighted by molar-refractivity contribution is 7.84. The first-order chi connectivity index (χ1) is 8.08. The van der Waals surface area contributed by atoms with Gasteiger partial charge >= 0.3 is 0 Å². The van der Waals surface area contributed by atoms with Crippen LogP contribution in [0.5, 0.6) is 5.75 Å². The van der Waals surface area contributed by atoms with Gasteiger partial charge in [0, 0.05) is 28.3 Å². The molecule has 0 aliphatic rings. The Morgan fingerprint density at radius 2 is 2.12 bits per heavy atom. The monoisotopic (exact) mass is 255 g/mol. The normalized spacial score (nSPS) is 12.6. The predicted octanol–water partition coefficient (Wildman–Crippen LogP) is 2.44. The average Bonchev–Trinajstić information content (AvgIpc) is 2.26. The minimum atomic E-state index is -0.776. The molecule has 0 amide bonds. The van der Waals surface area contributed by atoms with E-state index < -0.39 is 10.8 Å². The minimum absolute atomic E-state index is 0.480. The Hall–Kier alpha value is -1.03. The summed E-state index contributed by atoms with van der Waals surface area (Å²) in [6.45, 7) is 4.76. The lowest BCUT2D eigenvalue weighted by atomic mass is 10.2. The highest BCUT2D eigenvalue weighted by Crippen LogP contribution is 2.14. The second kappa shape index (κ2) is 7.33. The van der Waals surface area contributed by atoms with Crippen molar-refractivity contribution in [2.45, 2.75) is 20.3 Å². The van der Waals surface area contributed by atoms with Crippen LogP contribution in [0, 0.1) is 5.92 Å². The number of hydrogen-bond acceptors (Lipinski definition) is 3. The third-order valence-corrected chi connectivity index (χ3v) is 3.67. The fourth-order valence-corrected chi connectivity index (χ4v) is 2.53. The zero-order valence-electron chi connectivity index (χ0n) is 10.5. The molecule has 2 N–H and O–H groups in total. The topological polar surface area (TPSA) is 52.3 Å². The molecule has 0 bridgehead atoms. The van der Waals surface area contributed by atoms with E-state index >= 15 is 0 Å². The molecule has 96 valence electrons. The Kier molecular flexibility index (Phi) is 6.05. The Labute approximate surface area is 106 Å². The van der Waals surface area contributed by atoms with Crippen molar-refractivity contribution < 1.29 is 8.95 Å². The average molecular weight is 255 g/mol. The van der Waals surface area contributed by atoms with Gasteiger partial charge in [-0.05, 0) is 24.5 Å². The van der Waals surface area contributed by atoms with Crippen molar-refractivity contribution in [3.05, 3.63) is 24.3 Å². The predicted molar refractivity (Wildman–Crippen MR) is 73.7 cm³/mol. The van der Waals surface area contributed by atoms with Crippen molar-refractivity contribution in [2.75, 3.05) is 23.8 Å². The Morgan fingerprint density at radius 1 is 1.35 bits per heavy atom. The summed E-state index contributed by atoms with van der Waals surface area (Å²) in [5.74, 6) is 2.69. The van der Waals surface area contributed by atoms with Gasteiger partial charge in [0.15, 0.2) is 0 Å². The van der Waals surface area contributed by atoms with Crippen LogP contribution in [-0.4, -0.2) is 22.3 Å². The second-order valence-electron chi connectivity index (χ2n) is 4.45. The molecule has 0 radical (unpaired) electrons. The van der Waals surface area contributed by atoms with Crippen LogP contribution in [0.1, 0.15) is 20.3 Å². The minimum Gasteiger partial charge on any atom is -0.493 e. The zero-order valence-corrected chi connectivity index (χ0v) is 11.3. The maximum Gasteiger partial charge on any atom is 0.121 e. The van der Waals surface area contributed by atoms with Crippen LogP contribution in [0.15, 0.2) is 24.3 Å². The lowest BCUT2D eigenvalue weighted by Gasteiger charge is -2.07. The van der Waals surface area contributed by atoms with Crippen molar-refractivity contribution in [3.63, 3.8) is 0 Å². The summed E-state index contributed by atoms with van der Waals surface area (Å²) in [5.41, 5.74) is 6.31. The molecule has 0 saturated carbocycles. The smallest absolute Gasteiger partial charge is 0.121 e. The molecule has 3 nitrogen and oxygen atoms in total. The van der Waals surface area contributed by atoms with Gasteiger partial charge in [-0.1, -0.05) is 19.9 Å². The van der Waals surface area contributed by atoms with E-state index in [0.29, 0.717) is 24.0 Å². The molecule has 1 unspecified atom stereocenters. The van der Waals surface area contributed by atoms with E-state index in [9.17, 15) is 4.21 Å². The summed E-state index contributed by atoms with van der Waals surface area (Å²) >= 11 is 0. The summed E-state index contributed by atoms with van der Waals surface area (Å²) in [5, 5.41) is 0. The maximum absolute atomic E-state index is 11.6. The van der Waals surface area contributed by atoms with Crippen LogP contribution >= 0.6 is 0 Å². The van der Waals surface area contributed by atoms with Crippen LogP contribution in [0.25, 0.3) is 0 Å². The lowest BCUT2D eigenvalue weighted by Crippen LogP contribution is -2.12. The van der Waals surface area contributed by atoms with E-state index in [1.54, 1.807) is 6.07 Å². The molecule has 0 spiro atoms. The fraction of sp³-hybridized carbons (Fsp3) is 0.538. The van der Waals surface area contributed by atoms with Crippen molar-refractivity contribution in [1.29, 1.82) is 0 Å². The van der Waals surface area contributed by atoms with Crippen LogP contribution in [0.2, 0.25) is 0 Å². The van der Waals surface area contributed by atoms with Crippen molar-refractivity contribution >= 4 is 16.5 Å². The number of nitrogen functional groups attached to an aromatic ring is 1. The number of rotatable bonds is 7. The maximum atomic E-state index is 11.6. The molecule has 0 aromatic heterocycles. The van der Waals surface area contributed by atoms with Gasteiger partial charge in [-0.25, -0.2) is 0 Å². The summed E-state index contributed by atoms with van der Waals surface area (Å²) in [4.78, 5) is 0. The van der Waals surface area contributed by atoms with Crippen molar-refractivity contribution in [2.24, 2.45) is 5.92 Å². The van der Waals surface area contributed by atoms with Gasteiger partial charge in [-0.2, -0.15) is 0 Å². The number of benzene rings is 1. The molecule has 1 aromatic rings. The molecular formula is C13H21NO2S. The van der Waals surface area contributed by atoms with Gasteiger partial charge in [0.2, 0.25) is 0 Å². The first kappa shape index (κ1) is 14.0. The highest BCUT2D eigenvalue weighted by Gasteiger charge is 2.02. The third-order valence-electron chi connectivity index (χ3n) is 2.36. The largest absolute Gasteiger partial charge is 0.493 e. The Bertz CT molecular complexity index is 366. The van der Waals surface area contributed by atoms with Gasteiger partial charge in [0.1, 0.15) is 5.75 Å². The molecule has 4 heteroatoms. The standard InChI is InChI=1S/C13H21NO2S/c1-11(2)6-8-17(15)9-7-16-13-5-3-4-12(14)10-13/h3-5,10-11H,6-9,14H2,1-2H3. The molecule has 0 aliphatic carbocycles. The molecule has 0 saturated heterocycles. The number of hydrogen-bond donors (Lipinski definition) is 1. The second-order valence-corrected chi connectivity index (χ2v) is 6.15. The lowest BCUT2D eigenvalue weighted by molar-refractivity contribution is 0.343. The summed E-state index contributed by atoms with van der Waals surface area (Å²) in [6.07, 6.45) is 1.00. The summed E-state index contributed by atoms with van der Waals surface area (Å²) in [7, 11) is -0.776. The fourth-order valence-electron chi connectivity index (χ4n) is 1.33. The molecular weight excluding hydrogens is 234 g/mol. The molecule has 0 fully saturated rings. The third kappa shape index (κ3) is 6.31. The molecule has 1 rings (SSSR count). The molecule has 1 aromatic carbocycles. The summed E-state index contributed by atoms with van der Waals surface area (Å²) < 4.78 is 17.1. The first-order valence-electron chi connectivity index (χ1n) is 5.91. The van der Waals surface area contributed by atoms with E-state index in [-0.39, 0.29) is 0 Å².